The fraction of sp³-hybridized carbons (Fsp3) is 0. The molecule has 0 fully saturated rings. The van der Waals surface area contributed by atoms with Gasteiger partial charge in [-0.05, 0) is 75.3 Å². The quantitative estimate of drug-likeness (QED) is 0.173. The summed E-state index contributed by atoms with van der Waals surface area (Å²) >= 11 is 0. The molecule has 236 valence electrons. The number of fused-ring (bicyclic) bond motifs is 3. The molecule has 1 aromatic heterocycles. The summed E-state index contributed by atoms with van der Waals surface area (Å²) in [4.78, 5) is 2.34. The standard InChI is InChI=1S/C48H33NO/c1-5-14-34(15-6-1)37-24-28-41(29-25-37)49(42-30-26-38(27-31-42)35-16-7-2-8-17-35)46-33-40(36-18-9-3-10-19-36)32-45-44-23-13-22-43(47(44)50-48(45)46)39-20-11-4-12-21-39/h1-33H. The molecule has 0 unspecified atom stereocenters. The Bertz CT molecular complexity index is 2450. The van der Waals surface area contributed by atoms with Gasteiger partial charge in [0.15, 0.2) is 5.58 Å². The van der Waals surface area contributed by atoms with E-state index in [0.717, 1.165) is 61.3 Å². The third-order valence-corrected chi connectivity index (χ3v) is 9.48. The van der Waals surface area contributed by atoms with E-state index in [0.29, 0.717) is 0 Å². The van der Waals surface area contributed by atoms with Crippen LogP contribution in [0.4, 0.5) is 17.1 Å². The second-order valence-corrected chi connectivity index (χ2v) is 12.5. The third-order valence-electron chi connectivity index (χ3n) is 9.48. The van der Waals surface area contributed by atoms with Crippen LogP contribution in [0, 0.1) is 0 Å². The smallest absolute Gasteiger partial charge is 0.159 e. The van der Waals surface area contributed by atoms with Crippen LogP contribution >= 0.6 is 0 Å². The first-order chi connectivity index (χ1) is 24.8. The molecule has 0 amide bonds. The topological polar surface area (TPSA) is 16.4 Å². The summed E-state index contributed by atoms with van der Waals surface area (Å²) in [7, 11) is 0. The summed E-state index contributed by atoms with van der Waals surface area (Å²) in [5.74, 6) is 0. The SMILES string of the molecule is c1ccc(-c2ccc(N(c3ccc(-c4ccccc4)cc3)c3cc(-c4ccccc4)cc4c3oc3c(-c5ccccc5)cccc34)cc2)cc1. The van der Waals surface area contributed by atoms with Crippen molar-refractivity contribution in [1.82, 2.24) is 0 Å². The molecule has 0 bridgehead atoms. The van der Waals surface area contributed by atoms with Crippen LogP contribution in [0.25, 0.3) is 66.4 Å². The number of rotatable bonds is 7. The van der Waals surface area contributed by atoms with Gasteiger partial charge in [0, 0.05) is 27.7 Å². The van der Waals surface area contributed by atoms with E-state index in [4.69, 9.17) is 4.42 Å². The Labute approximate surface area is 292 Å². The van der Waals surface area contributed by atoms with Gasteiger partial charge in [0.05, 0.1) is 5.69 Å². The van der Waals surface area contributed by atoms with Crippen molar-refractivity contribution in [3.63, 3.8) is 0 Å². The van der Waals surface area contributed by atoms with E-state index in [1.807, 2.05) is 0 Å². The maximum absolute atomic E-state index is 7.03. The number of nitrogens with zero attached hydrogens (tertiary/aromatic N) is 1. The molecule has 0 atom stereocenters. The normalized spacial score (nSPS) is 11.2. The first-order valence-electron chi connectivity index (χ1n) is 17.0. The van der Waals surface area contributed by atoms with Crippen LogP contribution in [0.2, 0.25) is 0 Å². The molecule has 0 saturated heterocycles. The highest BCUT2D eigenvalue weighted by atomic mass is 16.3. The van der Waals surface area contributed by atoms with Crippen LogP contribution in [0.3, 0.4) is 0 Å². The van der Waals surface area contributed by atoms with Gasteiger partial charge in [-0.1, -0.05) is 164 Å². The first-order valence-corrected chi connectivity index (χ1v) is 17.0. The second kappa shape index (κ2) is 12.8. The van der Waals surface area contributed by atoms with Crippen molar-refractivity contribution in [3.05, 3.63) is 200 Å². The Morgan fingerprint density at radius 3 is 1.24 bits per heavy atom. The lowest BCUT2D eigenvalue weighted by Crippen LogP contribution is -2.10. The molecule has 0 radical (unpaired) electrons. The lowest BCUT2D eigenvalue weighted by atomic mass is 9.98. The molecular weight excluding hydrogens is 607 g/mol. The van der Waals surface area contributed by atoms with Gasteiger partial charge in [-0.15, -0.1) is 0 Å². The zero-order valence-corrected chi connectivity index (χ0v) is 27.4. The molecular formula is C48H33NO. The van der Waals surface area contributed by atoms with Crippen LogP contribution in [0.1, 0.15) is 0 Å². The van der Waals surface area contributed by atoms with Crippen molar-refractivity contribution in [2.45, 2.75) is 0 Å². The van der Waals surface area contributed by atoms with Crippen LogP contribution in [-0.2, 0) is 0 Å². The first kappa shape index (κ1) is 29.5. The Morgan fingerprint density at radius 2 is 0.740 bits per heavy atom. The summed E-state index contributed by atoms with van der Waals surface area (Å²) < 4.78 is 7.03. The van der Waals surface area contributed by atoms with E-state index in [9.17, 15) is 0 Å². The molecule has 0 spiro atoms. The van der Waals surface area contributed by atoms with Crippen molar-refractivity contribution in [2.75, 3.05) is 4.90 Å². The van der Waals surface area contributed by atoms with Gasteiger partial charge in [-0.2, -0.15) is 0 Å². The summed E-state index contributed by atoms with van der Waals surface area (Å²) in [6, 6.07) is 70.9. The monoisotopic (exact) mass is 639 g/mol. The lowest BCUT2D eigenvalue weighted by molar-refractivity contribution is 0.670. The van der Waals surface area contributed by atoms with Gasteiger partial charge in [-0.25, -0.2) is 0 Å². The molecule has 1 heterocycles. The minimum absolute atomic E-state index is 0.849. The molecule has 0 aliphatic carbocycles. The van der Waals surface area contributed by atoms with E-state index in [2.05, 4.69) is 205 Å². The van der Waals surface area contributed by atoms with Crippen LogP contribution in [0.5, 0.6) is 0 Å². The van der Waals surface area contributed by atoms with E-state index in [-0.39, 0.29) is 0 Å². The molecule has 0 saturated carbocycles. The molecule has 0 N–H and O–H groups in total. The molecule has 2 nitrogen and oxygen atoms in total. The molecule has 9 aromatic rings. The molecule has 9 rings (SSSR count). The summed E-state index contributed by atoms with van der Waals surface area (Å²) in [6.45, 7) is 0. The Hall–Kier alpha value is -6.64. The van der Waals surface area contributed by atoms with E-state index in [1.165, 1.54) is 22.3 Å². The summed E-state index contributed by atoms with van der Waals surface area (Å²) in [5.41, 5.74) is 14.0. The highest BCUT2D eigenvalue weighted by molar-refractivity contribution is 6.15. The van der Waals surface area contributed by atoms with Gasteiger partial charge in [0.25, 0.3) is 0 Å². The van der Waals surface area contributed by atoms with Gasteiger partial charge in [0.1, 0.15) is 5.58 Å². The number of benzene rings is 8. The third kappa shape index (κ3) is 5.43. The molecule has 2 heteroatoms. The molecule has 0 aliphatic heterocycles. The highest BCUT2D eigenvalue weighted by Crippen LogP contribution is 2.46. The average molecular weight is 640 g/mol. The van der Waals surface area contributed by atoms with E-state index < -0.39 is 0 Å². The predicted octanol–water partition coefficient (Wildman–Crippen LogP) is 13.7. The predicted molar refractivity (Wildman–Crippen MR) is 210 cm³/mol. The number of hydrogen-bond donors (Lipinski definition) is 0. The summed E-state index contributed by atoms with van der Waals surface area (Å²) in [5, 5.41) is 2.18. The zero-order chi connectivity index (χ0) is 33.3. The summed E-state index contributed by atoms with van der Waals surface area (Å²) in [6.07, 6.45) is 0. The van der Waals surface area contributed by atoms with E-state index >= 15 is 0 Å². The lowest BCUT2D eigenvalue weighted by Gasteiger charge is -2.26. The van der Waals surface area contributed by atoms with Crippen molar-refractivity contribution in [1.29, 1.82) is 0 Å². The van der Waals surface area contributed by atoms with Crippen molar-refractivity contribution >= 4 is 39.0 Å². The Balaban J connectivity index is 1.30. The van der Waals surface area contributed by atoms with Gasteiger partial charge < -0.3 is 9.32 Å². The molecule has 8 aromatic carbocycles. The Kier molecular flexibility index (Phi) is 7.53. The van der Waals surface area contributed by atoms with Gasteiger partial charge >= 0.3 is 0 Å². The fourth-order valence-electron chi connectivity index (χ4n) is 6.98. The van der Waals surface area contributed by atoms with Crippen molar-refractivity contribution < 1.29 is 4.42 Å². The maximum atomic E-state index is 7.03. The van der Waals surface area contributed by atoms with Crippen molar-refractivity contribution in [2.24, 2.45) is 0 Å². The van der Waals surface area contributed by atoms with Gasteiger partial charge in [-0.3, -0.25) is 0 Å². The number of anilines is 3. The number of furan rings is 1. The van der Waals surface area contributed by atoms with Gasteiger partial charge in [0.2, 0.25) is 0 Å². The minimum atomic E-state index is 0.849. The van der Waals surface area contributed by atoms with Crippen molar-refractivity contribution in [3.8, 4) is 44.5 Å². The largest absolute Gasteiger partial charge is 0.453 e. The Morgan fingerprint density at radius 1 is 0.300 bits per heavy atom. The number of para-hydroxylation sites is 1. The van der Waals surface area contributed by atoms with Crippen LogP contribution in [-0.4, -0.2) is 0 Å². The maximum Gasteiger partial charge on any atom is 0.159 e. The average Bonchev–Trinajstić information content (AvgIpc) is 3.59. The van der Waals surface area contributed by atoms with Crippen LogP contribution < -0.4 is 4.90 Å². The zero-order valence-electron chi connectivity index (χ0n) is 27.4. The number of hydrogen-bond acceptors (Lipinski definition) is 2. The second-order valence-electron chi connectivity index (χ2n) is 12.5. The molecule has 0 aliphatic rings. The highest BCUT2D eigenvalue weighted by Gasteiger charge is 2.22. The van der Waals surface area contributed by atoms with Crippen LogP contribution in [0.15, 0.2) is 205 Å². The molecule has 50 heavy (non-hydrogen) atoms. The van der Waals surface area contributed by atoms with E-state index in [1.54, 1.807) is 0 Å². The minimum Gasteiger partial charge on any atom is -0.453 e. The fourth-order valence-corrected chi connectivity index (χ4v) is 6.98.